The van der Waals surface area contributed by atoms with Gasteiger partial charge in [0.05, 0.1) is 6.04 Å². The van der Waals surface area contributed by atoms with E-state index < -0.39 is 35.8 Å². The lowest BCUT2D eigenvalue weighted by atomic mass is 10.0. The Hall–Kier alpha value is -3.97. The molecular weight excluding hydrogens is 428 g/mol. The van der Waals surface area contributed by atoms with Crippen molar-refractivity contribution in [1.82, 2.24) is 10.6 Å². The third-order valence-corrected chi connectivity index (χ3v) is 5.49. The molecule has 0 saturated carbocycles. The van der Waals surface area contributed by atoms with Gasteiger partial charge in [-0.1, -0.05) is 91.0 Å². The maximum atomic E-state index is 13.2. The van der Waals surface area contributed by atoms with E-state index in [1.165, 1.54) is 0 Å². The minimum absolute atomic E-state index is 0.243. The van der Waals surface area contributed by atoms with E-state index in [0.717, 1.165) is 16.7 Å². The van der Waals surface area contributed by atoms with Crippen LogP contribution in [-0.4, -0.2) is 35.8 Å². The predicted octanol–water partition coefficient (Wildman–Crippen LogP) is 1.50. The Morgan fingerprint density at radius 3 is 1.41 bits per heavy atom. The molecule has 3 aromatic carbocycles. The molecule has 3 amide bonds. The molecule has 176 valence electrons. The molecule has 0 aliphatic rings. The highest BCUT2D eigenvalue weighted by atomic mass is 16.2. The molecule has 0 heterocycles. The molecule has 3 atom stereocenters. The monoisotopic (exact) mass is 458 g/mol. The topological polar surface area (TPSA) is 127 Å². The zero-order valence-corrected chi connectivity index (χ0v) is 18.9. The molecule has 7 nitrogen and oxygen atoms in total. The van der Waals surface area contributed by atoms with Crippen LogP contribution in [0.4, 0.5) is 0 Å². The van der Waals surface area contributed by atoms with Crippen molar-refractivity contribution in [3.8, 4) is 0 Å². The Kier molecular flexibility index (Phi) is 8.94. The Labute approximate surface area is 199 Å². The summed E-state index contributed by atoms with van der Waals surface area (Å²) >= 11 is 0. The van der Waals surface area contributed by atoms with Crippen molar-refractivity contribution in [2.75, 3.05) is 0 Å². The van der Waals surface area contributed by atoms with Crippen molar-refractivity contribution < 1.29 is 14.4 Å². The predicted molar refractivity (Wildman–Crippen MR) is 131 cm³/mol. The number of primary amides is 1. The van der Waals surface area contributed by atoms with Crippen molar-refractivity contribution in [3.63, 3.8) is 0 Å². The van der Waals surface area contributed by atoms with E-state index in [1.807, 2.05) is 91.0 Å². The van der Waals surface area contributed by atoms with Crippen LogP contribution in [0.5, 0.6) is 0 Å². The van der Waals surface area contributed by atoms with Crippen LogP contribution in [0.2, 0.25) is 0 Å². The van der Waals surface area contributed by atoms with E-state index >= 15 is 0 Å². The third-order valence-electron chi connectivity index (χ3n) is 5.49. The van der Waals surface area contributed by atoms with Crippen molar-refractivity contribution in [3.05, 3.63) is 108 Å². The molecule has 0 radical (unpaired) electrons. The summed E-state index contributed by atoms with van der Waals surface area (Å²) in [6.45, 7) is 0. The summed E-state index contributed by atoms with van der Waals surface area (Å²) in [5, 5.41) is 5.48. The van der Waals surface area contributed by atoms with Crippen LogP contribution in [0.3, 0.4) is 0 Å². The second-order valence-corrected chi connectivity index (χ2v) is 8.20. The molecule has 3 unspecified atom stereocenters. The molecule has 0 aliphatic heterocycles. The highest BCUT2D eigenvalue weighted by molar-refractivity contribution is 5.93. The molecule has 6 N–H and O–H groups in total. The number of hydrogen-bond acceptors (Lipinski definition) is 4. The molecule has 0 fully saturated rings. The quantitative estimate of drug-likeness (QED) is 0.347. The van der Waals surface area contributed by atoms with Gasteiger partial charge in [0, 0.05) is 12.8 Å². The highest BCUT2D eigenvalue weighted by Gasteiger charge is 2.27. The standard InChI is InChI=1S/C27H30N4O3/c28-22(16-19-10-4-1-5-11-19)26(33)31-24(18-21-14-8-3-9-15-21)27(34)30-23(25(29)32)17-20-12-6-2-7-13-20/h1-15,22-24H,16-18,28H2,(H2,29,32)(H,30,34)(H,31,33). The first-order valence-electron chi connectivity index (χ1n) is 11.2. The molecular formula is C27H30N4O3. The summed E-state index contributed by atoms with van der Waals surface area (Å²) < 4.78 is 0. The molecule has 3 rings (SSSR count). The van der Waals surface area contributed by atoms with Gasteiger partial charge in [0.2, 0.25) is 17.7 Å². The summed E-state index contributed by atoms with van der Waals surface area (Å²) in [6, 6.07) is 25.4. The van der Waals surface area contributed by atoms with Gasteiger partial charge in [-0.25, -0.2) is 0 Å². The molecule has 0 aliphatic carbocycles. The van der Waals surface area contributed by atoms with Gasteiger partial charge in [-0.2, -0.15) is 0 Å². The van der Waals surface area contributed by atoms with Gasteiger partial charge in [-0.3, -0.25) is 14.4 Å². The van der Waals surface area contributed by atoms with E-state index in [9.17, 15) is 14.4 Å². The van der Waals surface area contributed by atoms with Gasteiger partial charge in [-0.15, -0.1) is 0 Å². The lowest BCUT2D eigenvalue weighted by Crippen LogP contribution is -2.56. The Bertz CT molecular complexity index is 1070. The number of hydrogen-bond donors (Lipinski definition) is 4. The molecule has 0 saturated heterocycles. The van der Waals surface area contributed by atoms with Crippen molar-refractivity contribution in [2.45, 2.75) is 37.4 Å². The summed E-state index contributed by atoms with van der Waals surface area (Å²) in [5.74, 6) is -1.59. The van der Waals surface area contributed by atoms with Crippen LogP contribution in [0.25, 0.3) is 0 Å². The molecule has 3 aromatic rings. The summed E-state index contributed by atoms with van der Waals surface area (Å²) in [7, 11) is 0. The number of amides is 3. The third kappa shape index (κ3) is 7.56. The van der Waals surface area contributed by atoms with Gasteiger partial charge >= 0.3 is 0 Å². The minimum atomic E-state index is -0.922. The number of carbonyl (C=O) groups excluding carboxylic acids is 3. The fraction of sp³-hybridized carbons (Fsp3) is 0.222. The number of carbonyl (C=O) groups is 3. The zero-order valence-electron chi connectivity index (χ0n) is 18.9. The van der Waals surface area contributed by atoms with Crippen LogP contribution in [0.1, 0.15) is 16.7 Å². The zero-order chi connectivity index (χ0) is 24.3. The summed E-state index contributed by atoms with van der Waals surface area (Å²) in [4.78, 5) is 38.1. The number of nitrogens with one attached hydrogen (secondary N) is 2. The fourth-order valence-corrected chi connectivity index (χ4v) is 3.64. The summed E-state index contributed by atoms with van der Waals surface area (Å²) in [6.07, 6.45) is 0.832. The van der Waals surface area contributed by atoms with E-state index in [1.54, 1.807) is 0 Å². The van der Waals surface area contributed by atoms with Crippen LogP contribution >= 0.6 is 0 Å². The molecule has 7 heteroatoms. The minimum Gasteiger partial charge on any atom is -0.368 e. The summed E-state index contributed by atoms with van der Waals surface area (Å²) in [5.41, 5.74) is 14.3. The van der Waals surface area contributed by atoms with Crippen molar-refractivity contribution >= 4 is 17.7 Å². The first-order valence-corrected chi connectivity index (χ1v) is 11.2. The second-order valence-electron chi connectivity index (χ2n) is 8.20. The SMILES string of the molecule is NC(=O)C(Cc1ccccc1)NC(=O)C(Cc1ccccc1)NC(=O)C(N)Cc1ccccc1. The van der Waals surface area contributed by atoms with Gasteiger partial charge < -0.3 is 22.1 Å². The smallest absolute Gasteiger partial charge is 0.243 e. The van der Waals surface area contributed by atoms with Crippen LogP contribution < -0.4 is 22.1 Å². The fourth-order valence-electron chi connectivity index (χ4n) is 3.64. The Morgan fingerprint density at radius 1 is 0.588 bits per heavy atom. The van der Waals surface area contributed by atoms with Gasteiger partial charge in [0.15, 0.2) is 0 Å². The van der Waals surface area contributed by atoms with Crippen LogP contribution in [-0.2, 0) is 33.6 Å². The van der Waals surface area contributed by atoms with E-state index in [4.69, 9.17) is 11.5 Å². The Morgan fingerprint density at radius 2 is 0.971 bits per heavy atom. The van der Waals surface area contributed by atoms with E-state index in [0.29, 0.717) is 6.42 Å². The van der Waals surface area contributed by atoms with E-state index in [2.05, 4.69) is 10.6 Å². The molecule has 0 bridgehead atoms. The average Bonchev–Trinajstić information content (AvgIpc) is 2.85. The van der Waals surface area contributed by atoms with E-state index in [-0.39, 0.29) is 12.8 Å². The van der Waals surface area contributed by atoms with Crippen LogP contribution in [0.15, 0.2) is 91.0 Å². The lowest BCUT2D eigenvalue weighted by molar-refractivity contribution is -0.131. The van der Waals surface area contributed by atoms with Gasteiger partial charge in [0.25, 0.3) is 0 Å². The highest BCUT2D eigenvalue weighted by Crippen LogP contribution is 2.08. The van der Waals surface area contributed by atoms with Gasteiger partial charge in [-0.05, 0) is 23.1 Å². The maximum Gasteiger partial charge on any atom is 0.243 e. The number of nitrogens with two attached hydrogens (primary N) is 2. The largest absolute Gasteiger partial charge is 0.368 e. The normalized spacial score (nSPS) is 13.3. The second kappa shape index (κ2) is 12.3. The van der Waals surface area contributed by atoms with Crippen molar-refractivity contribution in [1.29, 1.82) is 0 Å². The first kappa shape index (κ1) is 24.7. The lowest BCUT2D eigenvalue weighted by Gasteiger charge is -2.23. The average molecular weight is 459 g/mol. The maximum absolute atomic E-state index is 13.2. The molecule has 34 heavy (non-hydrogen) atoms. The van der Waals surface area contributed by atoms with Crippen LogP contribution in [0, 0.1) is 0 Å². The number of rotatable bonds is 11. The molecule has 0 spiro atoms. The number of benzene rings is 3. The van der Waals surface area contributed by atoms with Gasteiger partial charge in [0.1, 0.15) is 12.1 Å². The van der Waals surface area contributed by atoms with Crippen molar-refractivity contribution in [2.24, 2.45) is 11.5 Å². The first-order chi connectivity index (χ1) is 16.4. The Balaban J connectivity index is 1.72. The molecule has 0 aromatic heterocycles.